The van der Waals surface area contributed by atoms with E-state index in [-0.39, 0.29) is 5.91 Å². The van der Waals surface area contributed by atoms with E-state index in [0.29, 0.717) is 30.8 Å². The van der Waals surface area contributed by atoms with Crippen LogP contribution in [0.2, 0.25) is 0 Å². The number of anilines is 2. The zero-order valence-corrected chi connectivity index (χ0v) is 15.3. The Kier molecular flexibility index (Phi) is 7.02. The molecule has 6 nitrogen and oxygen atoms in total. The van der Waals surface area contributed by atoms with E-state index < -0.39 is 6.09 Å². The number of rotatable bonds is 7. The lowest BCUT2D eigenvalue weighted by Crippen LogP contribution is -2.26. The van der Waals surface area contributed by atoms with E-state index in [0.717, 1.165) is 11.3 Å². The molecule has 0 saturated heterocycles. The van der Waals surface area contributed by atoms with Crippen LogP contribution < -0.4 is 15.0 Å². The van der Waals surface area contributed by atoms with Gasteiger partial charge in [-0.2, -0.15) is 0 Å². The number of carbonyl (C=O) groups excluding carboxylic acids is 2. The summed E-state index contributed by atoms with van der Waals surface area (Å²) in [5, 5.41) is 2.86. The molecule has 0 heterocycles. The first-order valence-electron chi connectivity index (χ1n) is 8.47. The van der Waals surface area contributed by atoms with Crippen LogP contribution in [0, 0.1) is 0 Å². The quantitative estimate of drug-likeness (QED) is 0.818. The molecule has 2 amide bonds. The Labute approximate surface area is 153 Å². The highest BCUT2D eigenvalue weighted by molar-refractivity contribution is 5.92. The van der Waals surface area contributed by atoms with Crippen LogP contribution in [0.4, 0.5) is 16.2 Å². The maximum Gasteiger partial charge on any atom is 0.413 e. The van der Waals surface area contributed by atoms with Crippen molar-refractivity contribution in [2.24, 2.45) is 0 Å². The van der Waals surface area contributed by atoms with E-state index in [1.54, 1.807) is 45.3 Å². The Hall–Kier alpha value is -3.02. The molecule has 26 heavy (non-hydrogen) atoms. The van der Waals surface area contributed by atoms with Crippen molar-refractivity contribution >= 4 is 23.4 Å². The largest absolute Gasteiger partial charge is 0.496 e. The molecule has 6 heteroatoms. The molecule has 1 N–H and O–H groups in total. The summed E-state index contributed by atoms with van der Waals surface area (Å²) in [5.74, 6) is 0.703. The predicted octanol–water partition coefficient (Wildman–Crippen LogP) is 3.86. The van der Waals surface area contributed by atoms with Crippen LogP contribution in [-0.4, -0.2) is 32.8 Å². The molecular formula is C20H24N2O4. The van der Waals surface area contributed by atoms with Gasteiger partial charge in [0, 0.05) is 24.8 Å². The highest BCUT2D eigenvalue weighted by atomic mass is 16.6. The first-order valence-corrected chi connectivity index (χ1v) is 8.47. The minimum absolute atomic E-state index is 0.0811. The zero-order valence-electron chi connectivity index (χ0n) is 15.3. The van der Waals surface area contributed by atoms with Gasteiger partial charge >= 0.3 is 6.09 Å². The van der Waals surface area contributed by atoms with Crippen LogP contribution in [0.5, 0.6) is 5.75 Å². The van der Waals surface area contributed by atoms with Gasteiger partial charge in [-0.05, 0) is 49.2 Å². The van der Waals surface area contributed by atoms with Gasteiger partial charge in [-0.1, -0.05) is 18.2 Å². The summed E-state index contributed by atoms with van der Waals surface area (Å²) in [7, 11) is 3.26. The molecule has 2 rings (SSSR count). The zero-order chi connectivity index (χ0) is 18.9. The molecule has 0 unspecified atom stereocenters. The third kappa shape index (κ3) is 5.24. The van der Waals surface area contributed by atoms with Gasteiger partial charge < -0.3 is 14.8 Å². The van der Waals surface area contributed by atoms with Gasteiger partial charge in [0.05, 0.1) is 13.7 Å². The number of benzene rings is 2. The van der Waals surface area contributed by atoms with Crippen molar-refractivity contribution in [2.75, 3.05) is 31.0 Å². The number of methoxy groups -OCH3 is 1. The van der Waals surface area contributed by atoms with E-state index in [4.69, 9.17) is 9.47 Å². The second-order valence-corrected chi connectivity index (χ2v) is 5.66. The molecule has 0 radical (unpaired) electrons. The van der Waals surface area contributed by atoms with Crippen molar-refractivity contribution in [1.82, 2.24) is 0 Å². The van der Waals surface area contributed by atoms with E-state index in [9.17, 15) is 9.59 Å². The molecule has 0 fully saturated rings. The lowest BCUT2D eigenvalue weighted by atomic mass is 10.1. The SMILES string of the molecule is CCOC(=O)N(C)c1ccc(NC(=O)CCc2ccccc2OC)cc1. The van der Waals surface area contributed by atoms with E-state index in [1.807, 2.05) is 24.3 Å². The maximum absolute atomic E-state index is 12.2. The molecule has 0 aliphatic heterocycles. The lowest BCUT2D eigenvalue weighted by Gasteiger charge is -2.17. The molecule has 0 bridgehead atoms. The normalized spacial score (nSPS) is 10.1. The van der Waals surface area contributed by atoms with E-state index in [2.05, 4.69) is 5.32 Å². The minimum Gasteiger partial charge on any atom is -0.496 e. The van der Waals surface area contributed by atoms with Gasteiger partial charge in [-0.25, -0.2) is 4.79 Å². The van der Waals surface area contributed by atoms with Crippen LogP contribution in [0.15, 0.2) is 48.5 Å². The Morgan fingerprint density at radius 1 is 1.08 bits per heavy atom. The third-order valence-electron chi connectivity index (χ3n) is 3.89. The van der Waals surface area contributed by atoms with Gasteiger partial charge in [0.15, 0.2) is 0 Å². The van der Waals surface area contributed by atoms with Crippen molar-refractivity contribution in [3.05, 3.63) is 54.1 Å². The van der Waals surface area contributed by atoms with Gasteiger partial charge in [0.1, 0.15) is 5.75 Å². The third-order valence-corrected chi connectivity index (χ3v) is 3.89. The lowest BCUT2D eigenvalue weighted by molar-refractivity contribution is -0.116. The summed E-state index contributed by atoms with van der Waals surface area (Å²) in [4.78, 5) is 25.3. The van der Waals surface area contributed by atoms with Crippen molar-refractivity contribution < 1.29 is 19.1 Å². The van der Waals surface area contributed by atoms with Crippen LogP contribution >= 0.6 is 0 Å². The number of carbonyl (C=O) groups is 2. The number of hydrogen-bond acceptors (Lipinski definition) is 4. The van der Waals surface area contributed by atoms with Crippen molar-refractivity contribution in [3.8, 4) is 5.75 Å². The second kappa shape index (κ2) is 9.46. The molecule has 2 aromatic carbocycles. The summed E-state index contributed by atoms with van der Waals surface area (Å²) in [6.45, 7) is 2.08. The maximum atomic E-state index is 12.2. The molecule has 0 aliphatic rings. The van der Waals surface area contributed by atoms with Gasteiger partial charge in [-0.15, -0.1) is 0 Å². The Morgan fingerprint density at radius 3 is 2.42 bits per heavy atom. The standard InChI is InChI=1S/C20H24N2O4/c1-4-26-20(24)22(2)17-12-10-16(11-13-17)21-19(23)14-9-15-7-5-6-8-18(15)25-3/h5-8,10-13H,4,9,14H2,1-3H3,(H,21,23). The topological polar surface area (TPSA) is 67.9 Å². The number of nitrogens with one attached hydrogen (secondary N) is 1. The number of amides is 2. The van der Waals surface area contributed by atoms with Gasteiger partial charge in [0.2, 0.25) is 5.91 Å². The number of nitrogens with zero attached hydrogens (tertiary/aromatic N) is 1. The number of aryl methyl sites for hydroxylation is 1. The molecule has 0 saturated carbocycles. The summed E-state index contributed by atoms with van der Waals surface area (Å²) in [5.41, 5.74) is 2.36. The van der Waals surface area contributed by atoms with Gasteiger partial charge in [0.25, 0.3) is 0 Å². The molecule has 2 aromatic rings. The van der Waals surface area contributed by atoms with E-state index in [1.165, 1.54) is 4.90 Å². The Bertz CT molecular complexity index is 744. The molecule has 0 atom stereocenters. The molecule has 138 valence electrons. The first-order chi connectivity index (χ1) is 12.5. The van der Waals surface area contributed by atoms with Crippen LogP contribution in [0.3, 0.4) is 0 Å². The summed E-state index contributed by atoms with van der Waals surface area (Å²) in [6, 6.07) is 14.7. The first kappa shape index (κ1) is 19.3. The fourth-order valence-electron chi connectivity index (χ4n) is 2.48. The van der Waals surface area contributed by atoms with Crippen LogP contribution in [0.25, 0.3) is 0 Å². The molecule has 0 aliphatic carbocycles. The smallest absolute Gasteiger partial charge is 0.413 e. The van der Waals surface area contributed by atoms with Crippen LogP contribution in [-0.2, 0) is 16.0 Å². The fraction of sp³-hybridized carbons (Fsp3) is 0.300. The number of para-hydroxylation sites is 1. The monoisotopic (exact) mass is 356 g/mol. The summed E-state index contributed by atoms with van der Waals surface area (Å²) >= 11 is 0. The number of hydrogen-bond donors (Lipinski definition) is 1. The van der Waals surface area contributed by atoms with Crippen molar-refractivity contribution in [2.45, 2.75) is 19.8 Å². The fourth-order valence-corrected chi connectivity index (χ4v) is 2.48. The molecule has 0 aromatic heterocycles. The van der Waals surface area contributed by atoms with Gasteiger partial charge in [-0.3, -0.25) is 9.69 Å². The molecular weight excluding hydrogens is 332 g/mol. The Morgan fingerprint density at radius 2 is 1.77 bits per heavy atom. The van der Waals surface area contributed by atoms with Crippen LogP contribution in [0.1, 0.15) is 18.9 Å². The summed E-state index contributed by atoms with van der Waals surface area (Å²) < 4.78 is 10.2. The predicted molar refractivity (Wildman–Crippen MR) is 102 cm³/mol. The highest BCUT2D eigenvalue weighted by Crippen LogP contribution is 2.20. The minimum atomic E-state index is -0.416. The van der Waals surface area contributed by atoms with Crippen molar-refractivity contribution in [3.63, 3.8) is 0 Å². The second-order valence-electron chi connectivity index (χ2n) is 5.66. The Balaban J connectivity index is 1.90. The molecule has 0 spiro atoms. The average molecular weight is 356 g/mol. The highest BCUT2D eigenvalue weighted by Gasteiger charge is 2.12. The average Bonchev–Trinajstić information content (AvgIpc) is 2.66. The van der Waals surface area contributed by atoms with Crippen molar-refractivity contribution in [1.29, 1.82) is 0 Å². The number of ether oxygens (including phenoxy) is 2. The summed E-state index contributed by atoms with van der Waals surface area (Å²) in [6.07, 6.45) is 0.533. The van der Waals surface area contributed by atoms with E-state index >= 15 is 0 Å².